The van der Waals surface area contributed by atoms with E-state index in [1.807, 2.05) is 38.1 Å². The highest BCUT2D eigenvalue weighted by atomic mass is 16.5. The summed E-state index contributed by atoms with van der Waals surface area (Å²) in [5.74, 6) is 1.70. The third kappa shape index (κ3) is 6.05. The van der Waals surface area contributed by atoms with Gasteiger partial charge in [-0.2, -0.15) is 5.10 Å². The molecule has 0 unspecified atom stereocenters. The first-order valence-electron chi connectivity index (χ1n) is 9.77. The molecule has 0 bridgehead atoms. The third-order valence-electron chi connectivity index (χ3n) is 4.31. The molecule has 0 saturated heterocycles. The molecule has 7 nitrogen and oxygen atoms in total. The highest BCUT2D eigenvalue weighted by molar-refractivity contribution is 5.95. The standard InChI is InChI=1S/C24H25N3O4/c1-16(2)31-21-7-5-18(6-8-21)19-11-20(15-25-14-19)24(28)27-26-13-17-9-22(29-3)12-23(10-17)30-4/h5-16H,1-4H3,(H,27,28). The van der Waals surface area contributed by atoms with E-state index in [0.29, 0.717) is 17.1 Å². The fourth-order valence-corrected chi connectivity index (χ4v) is 2.85. The van der Waals surface area contributed by atoms with Gasteiger partial charge in [-0.3, -0.25) is 9.78 Å². The van der Waals surface area contributed by atoms with Crippen molar-refractivity contribution in [1.82, 2.24) is 10.4 Å². The number of methoxy groups -OCH3 is 2. The van der Waals surface area contributed by atoms with Crippen LogP contribution < -0.4 is 19.6 Å². The fraction of sp³-hybridized carbons (Fsp3) is 0.208. The van der Waals surface area contributed by atoms with Gasteiger partial charge in [0.2, 0.25) is 0 Å². The molecule has 0 saturated carbocycles. The van der Waals surface area contributed by atoms with Crippen molar-refractivity contribution in [2.45, 2.75) is 20.0 Å². The molecule has 3 rings (SSSR count). The fourth-order valence-electron chi connectivity index (χ4n) is 2.85. The van der Waals surface area contributed by atoms with E-state index >= 15 is 0 Å². The normalized spacial score (nSPS) is 10.9. The molecular formula is C24H25N3O4. The number of amides is 1. The Bertz CT molecular complexity index is 1040. The zero-order valence-electron chi connectivity index (χ0n) is 18.0. The summed E-state index contributed by atoms with van der Waals surface area (Å²) in [5.41, 5.74) is 5.41. The van der Waals surface area contributed by atoms with Crippen LogP contribution in [0.15, 0.2) is 66.0 Å². The van der Waals surface area contributed by atoms with Gasteiger partial charge >= 0.3 is 0 Å². The number of hydrogen-bond donors (Lipinski definition) is 1. The van der Waals surface area contributed by atoms with Crippen LogP contribution in [0.3, 0.4) is 0 Å². The molecule has 0 spiro atoms. The maximum absolute atomic E-state index is 12.5. The zero-order valence-corrected chi connectivity index (χ0v) is 18.0. The summed E-state index contributed by atoms with van der Waals surface area (Å²) in [5, 5.41) is 4.03. The Morgan fingerprint density at radius 1 is 0.935 bits per heavy atom. The van der Waals surface area contributed by atoms with E-state index in [0.717, 1.165) is 22.4 Å². The van der Waals surface area contributed by atoms with E-state index in [1.165, 1.54) is 12.4 Å². The second kappa shape index (κ2) is 10.2. The lowest BCUT2D eigenvalue weighted by atomic mass is 10.1. The molecule has 160 valence electrons. The van der Waals surface area contributed by atoms with E-state index in [9.17, 15) is 4.79 Å². The van der Waals surface area contributed by atoms with Crippen LogP contribution in [0.4, 0.5) is 0 Å². The molecule has 1 amide bonds. The van der Waals surface area contributed by atoms with Gasteiger partial charge in [0.05, 0.1) is 32.1 Å². The monoisotopic (exact) mass is 419 g/mol. The molecule has 7 heteroatoms. The molecule has 3 aromatic rings. The quantitative estimate of drug-likeness (QED) is 0.434. The topological polar surface area (TPSA) is 82.0 Å². The average Bonchev–Trinajstić information content (AvgIpc) is 2.79. The van der Waals surface area contributed by atoms with Crippen molar-refractivity contribution in [3.8, 4) is 28.4 Å². The highest BCUT2D eigenvalue weighted by Crippen LogP contribution is 2.23. The Kier molecular flexibility index (Phi) is 7.22. The Balaban J connectivity index is 1.70. The number of hydrazone groups is 1. The van der Waals surface area contributed by atoms with Gasteiger partial charge < -0.3 is 14.2 Å². The molecule has 0 fully saturated rings. The van der Waals surface area contributed by atoms with Crippen molar-refractivity contribution in [2.24, 2.45) is 5.10 Å². The van der Waals surface area contributed by atoms with Gasteiger partial charge in [-0.15, -0.1) is 0 Å². The number of nitrogens with one attached hydrogen (secondary N) is 1. The Morgan fingerprint density at radius 2 is 1.61 bits per heavy atom. The number of carbonyl (C=O) groups excluding carboxylic acids is 1. The maximum atomic E-state index is 12.5. The number of carbonyl (C=O) groups is 1. The second-order valence-corrected chi connectivity index (χ2v) is 7.00. The van der Waals surface area contributed by atoms with E-state index < -0.39 is 0 Å². The predicted molar refractivity (Wildman–Crippen MR) is 120 cm³/mol. The Morgan fingerprint density at radius 3 is 2.23 bits per heavy atom. The smallest absolute Gasteiger partial charge is 0.272 e. The van der Waals surface area contributed by atoms with Crippen LogP contribution in [0.2, 0.25) is 0 Å². The Labute approximate surface area is 181 Å². The summed E-state index contributed by atoms with van der Waals surface area (Å²) in [7, 11) is 3.14. The minimum Gasteiger partial charge on any atom is -0.497 e. The molecular weight excluding hydrogens is 394 g/mol. The highest BCUT2D eigenvalue weighted by Gasteiger charge is 2.08. The number of rotatable bonds is 8. The minimum absolute atomic E-state index is 0.109. The van der Waals surface area contributed by atoms with Crippen molar-refractivity contribution < 1.29 is 19.0 Å². The Hall–Kier alpha value is -3.87. The van der Waals surface area contributed by atoms with Gasteiger partial charge in [-0.1, -0.05) is 12.1 Å². The molecule has 0 aliphatic carbocycles. The summed E-state index contributed by atoms with van der Waals surface area (Å²) >= 11 is 0. The average molecular weight is 419 g/mol. The summed E-state index contributed by atoms with van der Waals surface area (Å²) in [4.78, 5) is 16.7. The van der Waals surface area contributed by atoms with E-state index in [1.54, 1.807) is 44.7 Å². The van der Waals surface area contributed by atoms with Crippen LogP contribution in [0.25, 0.3) is 11.1 Å². The lowest BCUT2D eigenvalue weighted by Gasteiger charge is -2.10. The molecule has 0 atom stereocenters. The SMILES string of the molecule is COc1cc(C=NNC(=O)c2cncc(-c3ccc(OC(C)C)cc3)c2)cc(OC)c1. The van der Waals surface area contributed by atoms with Crippen molar-refractivity contribution in [3.05, 3.63) is 72.1 Å². The van der Waals surface area contributed by atoms with Crippen LogP contribution >= 0.6 is 0 Å². The van der Waals surface area contributed by atoms with Gasteiger partial charge in [0.15, 0.2) is 0 Å². The maximum Gasteiger partial charge on any atom is 0.272 e. The summed E-state index contributed by atoms with van der Waals surface area (Å²) in [6, 6.07) is 14.8. The first-order valence-corrected chi connectivity index (χ1v) is 9.77. The number of nitrogens with zero attached hydrogens (tertiary/aromatic N) is 2. The number of aromatic nitrogens is 1. The van der Waals surface area contributed by atoms with Crippen molar-refractivity contribution >= 4 is 12.1 Å². The molecule has 0 aliphatic heterocycles. The molecule has 0 aliphatic rings. The van der Waals surface area contributed by atoms with Gasteiger partial charge in [0, 0.05) is 29.6 Å². The van der Waals surface area contributed by atoms with Gasteiger partial charge in [0.1, 0.15) is 17.2 Å². The van der Waals surface area contributed by atoms with Crippen LogP contribution in [0.1, 0.15) is 29.8 Å². The number of ether oxygens (including phenoxy) is 3. The number of hydrogen-bond acceptors (Lipinski definition) is 6. The molecule has 1 N–H and O–H groups in total. The third-order valence-corrected chi connectivity index (χ3v) is 4.31. The van der Waals surface area contributed by atoms with Crippen molar-refractivity contribution in [2.75, 3.05) is 14.2 Å². The summed E-state index contributed by atoms with van der Waals surface area (Å²) < 4.78 is 16.1. The second-order valence-electron chi connectivity index (χ2n) is 7.00. The largest absolute Gasteiger partial charge is 0.497 e. The van der Waals surface area contributed by atoms with Crippen LogP contribution in [0, 0.1) is 0 Å². The van der Waals surface area contributed by atoms with Gasteiger partial charge in [-0.25, -0.2) is 5.43 Å². The lowest BCUT2D eigenvalue weighted by Crippen LogP contribution is -2.17. The predicted octanol–water partition coefficient (Wildman–Crippen LogP) is 4.32. The van der Waals surface area contributed by atoms with Crippen LogP contribution in [-0.4, -0.2) is 37.4 Å². The molecule has 0 radical (unpaired) electrons. The minimum atomic E-state index is -0.361. The number of pyridine rings is 1. The molecule has 2 aromatic carbocycles. The van der Waals surface area contributed by atoms with Gasteiger partial charge in [0.25, 0.3) is 5.91 Å². The molecule has 31 heavy (non-hydrogen) atoms. The van der Waals surface area contributed by atoms with Crippen molar-refractivity contribution in [1.29, 1.82) is 0 Å². The lowest BCUT2D eigenvalue weighted by molar-refractivity contribution is 0.0955. The van der Waals surface area contributed by atoms with E-state index in [-0.39, 0.29) is 12.0 Å². The first kappa shape index (κ1) is 21.8. The van der Waals surface area contributed by atoms with Crippen molar-refractivity contribution in [3.63, 3.8) is 0 Å². The van der Waals surface area contributed by atoms with Gasteiger partial charge in [-0.05, 0) is 49.7 Å². The number of benzene rings is 2. The first-order chi connectivity index (χ1) is 15.0. The van der Waals surface area contributed by atoms with E-state index in [4.69, 9.17) is 14.2 Å². The summed E-state index contributed by atoms with van der Waals surface area (Å²) in [6.07, 6.45) is 4.84. The van der Waals surface area contributed by atoms with Crippen LogP contribution in [0.5, 0.6) is 17.2 Å². The summed E-state index contributed by atoms with van der Waals surface area (Å²) in [6.45, 7) is 3.96. The molecule has 1 heterocycles. The zero-order chi connectivity index (χ0) is 22.2. The molecule has 1 aromatic heterocycles. The van der Waals surface area contributed by atoms with Crippen LogP contribution in [-0.2, 0) is 0 Å². The van der Waals surface area contributed by atoms with E-state index in [2.05, 4.69) is 15.5 Å².